The molecular weight excluding hydrogens is 242 g/mol. The molecule has 0 atom stereocenters. The number of carbonyl (C=O) groups excluding carboxylic acids is 1. The van der Waals surface area contributed by atoms with Crippen molar-refractivity contribution in [3.63, 3.8) is 0 Å². The van der Waals surface area contributed by atoms with E-state index in [1.807, 2.05) is 19.9 Å². The summed E-state index contributed by atoms with van der Waals surface area (Å²) in [5, 5.41) is 17.9. The molecule has 6 heteroatoms. The second-order valence-electron chi connectivity index (χ2n) is 4.34. The van der Waals surface area contributed by atoms with Crippen molar-refractivity contribution in [2.24, 2.45) is 0 Å². The average molecular weight is 255 g/mol. The number of nitrogens with one attached hydrogen (secondary N) is 2. The number of benzene rings is 1. The summed E-state index contributed by atoms with van der Waals surface area (Å²) in [6, 6.07) is 8.60. The predicted octanol–water partition coefficient (Wildman–Crippen LogP) is 2.05. The Hall–Kier alpha value is -2.68. The van der Waals surface area contributed by atoms with Crippen LogP contribution in [0.5, 0.6) is 0 Å². The van der Waals surface area contributed by atoms with Gasteiger partial charge in [-0.05, 0) is 24.3 Å². The fourth-order valence-corrected chi connectivity index (χ4v) is 1.45. The molecule has 0 spiro atoms. The van der Waals surface area contributed by atoms with E-state index in [0.29, 0.717) is 17.1 Å². The van der Waals surface area contributed by atoms with Crippen LogP contribution in [0.15, 0.2) is 24.3 Å². The summed E-state index contributed by atoms with van der Waals surface area (Å²) in [7, 11) is 0. The summed E-state index contributed by atoms with van der Waals surface area (Å²) in [5.41, 5.74) is 1.14. The lowest BCUT2D eigenvalue weighted by Crippen LogP contribution is -2.13. The lowest BCUT2D eigenvalue weighted by molar-refractivity contribution is 0.101. The molecule has 0 saturated carbocycles. The van der Waals surface area contributed by atoms with E-state index in [2.05, 4.69) is 20.5 Å². The van der Waals surface area contributed by atoms with Gasteiger partial charge in [-0.15, -0.1) is 5.10 Å². The molecule has 0 aliphatic rings. The lowest BCUT2D eigenvalue weighted by Gasteiger charge is -2.01. The first-order valence-electron chi connectivity index (χ1n) is 5.84. The third-order valence-corrected chi connectivity index (χ3v) is 2.52. The highest BCUT2D eigenvalue weighted by Crippen LogP contribution is 2.11. The molecule has 2 rings (SSSR count). The maximum Gasteiger partial charge on any atom is 0.295 e. The molecule has 1 heterocycles. The zero-order chi connectivity index (χ0) is 13.8. The van der Waals surface area contributed by atoms with Gasteiger partial charge >= 0.3 is 0 Å². The van der Waals surface area contributed by atoms with Crippen LogP contribution in [0.25, 0.3) is 0 Å². The molecule has 1 aromatic heterocycles. The molecule has 0 fully saturated rings. The van der Waals surface area contributed by atoms with Crippen LogP contribution < -0.4 is 5.32 Å². The fourth-order valence-electron chi connectivity index (χ4n) is 1.45. The first-order valence-corrected chi connectivity index (χ1v) is 5.84. The van der Waals surface area contributed by atoms with Gasteiger partial charge in [0.1, 0.15) is 5.82 Å². The number of carbonyl (C=O) groups is 1. The molecule has 0 aliphatic heterocycles. The summed E-state index contributed by atoms with van der Waals surface area (Å²) in [4.78, 5) is 16.0. The van der Waals surface area contributed by atoms with Crippen molar-refractivity contribution in [1.82, 2.24) is 15.2 Å². The van der Waals surface area contributed by atoms with E-state index < -0.39 is 0 Å². The topological polar surface area (TPSA) is 94.5 Å². The zero-order valence-corrected chi connectivity index (χ0v) is 10.6. The first kappa shape index (κ1) is 12.8. The Morgan fingerprint density at radius 3 is 2.58 bits per heavy atom. The van der Waals surface area contributed by atoms with Crippen LogP contribution in [0.3, 0.4) is 0 Å². The molecule has 96 valence electrons. The minimum absolute atomic E-state index is 0.105. The minimum atomic E-state index is -0.382. The Balaban J connectivity index is 2.09. The fraction of sp³-hybridized carbons (Fsp3) is 0.231. The van der Waals surface area contributed by atoms with E-state index in [0.717, 1.165) is 0 Å². The van der Waals surface area contributed by atoms with Crippen molar-refractivity contribution in [3.05, 3.63) is 41.5 Å². The third-order valence-electron chi connectivity index (χ3n) is 2.52. The molecule has 0 radical (unpaired) electrons. The molecule has 0 bridgehead atoms. The third kappa shape index (κ3) is 2.96. The van der Waals surface area contributed by atoms with Gasteiger partial charge in [-0.25, -0.2) is 4.98 Å². The molecule has 0 unspecified atom stereocenters. The number of aromatic nitrogens is 3. The van der Waals surface area contributed by atoms with Gasteiger partial charge in [0, 0.05) is 11.6 Å². The number of anilines is 1. The molecule has 19 heavy (non-hydrogen) atoms. The highest BCUT2D eigenvalue weighted by atomic mass is 16.2. The standard InChI is InChI=1S/C13H13N5O/c1-8(2)11-16-12(18-17-11)13(19)15-10-5-3-9(7-14)4-6-10/h3-6,8H,1-2H3,(H,15,19)(H,16,17,18). The molecule has 6 nitrogen and oxygen atoms in total. The van der Waals surface area contributed by atoms with Gasteiger partial charge in [0.2, 0.25) is 5.82 Å². The van der Waals surface area contributed by atoms with E-state index in [1.165, 1.54) is 0 Å². The van der Waals surface area contributed by atoms with Crippen LogP contribution in [0.2, 0.25) is 0 Å². The summed E-state index contributed by atoms with van der Waals surface area (Å²) >= 11 is 0. The maximum atomic E-state index is 11.9. The van der Waals surface area contributed by atoms with E-state index in [1.54, 1.807) is 24.3 Å². The smallest absolute Gasteiger partial charge is 0.295 e. The quantitative estimate of drug-likeness (QED) is 0.877. The van der Waals surface area contributed by atoms with Gasteiger partial charge in [-0.2, -0.15) is 5.26 Å². The zero-order valence-electron chi connectivity index (χ0n) is 10.6. The number of rotatable bonds is 3. The van der Waals surface area contributed by atoms with Crippen LogP contribution in [-0.2, 0) is 0 Å². The Morgan fingerprint density at radius 1 is 1.37 bits per heavy atom. The van der Waals surface area contributed by atoms with Crippen LogP contribution >= 0.6 is 0 Å². The molecule has 0 aliphatic carbocycles. The van der Waals surface area contributed by atoms with Crippen LogP contribution in [0.4, 0.5) is 5.69 Å². The Labute approximate surface area is 110 Å². The maximum absolute atomic E-state index is 11.9. The Morgan fingerprint density at radius 2 is 2.05 bits per heavy atom. The largest absolute Gasteiger partial charge is 0.319 e. The van der Waals surface area contributed by atoms with E-state index in [9.17, 15) is 4.79 Å². The van der Waals surface area contributed by atoms with Crippen molar-refractivity contribution in [2.45, 2.75) is 19.8 Å². The second-order valence-corrected chi connectivity index (χ2v) is 4.34. The average Bonchev–Trinajstić information content (AvgIpc) is 2.89. The van der Waals surface area contributed by atoms with Crippen LogP contribution in [0.1, 0.15) is 41.8 Å². The number of hydrogen-bond donors (Lipinski definition) is 2. The molecule has 1 aromatic carbocycles. The normalized spacial score (nSPS) is 10.2. The van der Waals surface area contributed by atoms with Crippen LogP contribution in [-0.4, -0.2) is 21.1 Å². The summed E-state index contributed by atoms with van der Waals surface area (Å²) in [5.74, 6) is 0.579. The van der Waals surface area contributed by atoms with Gasteiger partial charge in [0.15, 0.2) is 0 Å². The number of hydrogen-bond acceptors (Lipinski definition) is 4. The number of nitriles is 1. The molecule has 0 saturated heterocycles. The number of aromatic amines is 1. The number of amides is 1. The van der Waals surface area contributed by atoms with Gasteiger partial charge < -0.3 is 5.32 Å². The highest BCUT2D eigenvalue weighted by Gasteiger charge is 2.14. The first-order chi connectivity index (χ1) is 9.10. The van der Waals surface area contributed by atoms with Crippen molar-refractivity contribution in [2.75, 3.05) is 5.32 Å². The number of H-pyrrole nitrogens is 1. The second kappa shape index (κ2) is 5.31. The predicted molar refractivity (Wildman–Crippen MR) is 69.6 cm³/mol. The lowest BCUT2D eigenvalue weighted by atomic mass is 10.2. The minimum Gasteiger partial charge on any atom is -0.319 e. The van der Waals surface area contributed by atoms with Crippen molar-refractivity contribution >= 4 is 11.6 Å². The van der Waals surface area contributed by atoms with Gasteiger partial charge in [-0.1, -0.05) is 13.8 Å². The van der Waals surface area contributed by atoms with Crippen molar-refractivity contribution < 1.29 is 4.79 Å². The molecule has 1 amide bonds. The summed E-state index contributed by atoms with van der Waals surface area (Å²) in [6.07, 6.45) is 0. The van der Waals surface area contributed by atoms with Crippen LogP contribution in [0, 0.1) is 11.3 Å². The van der Waals surface area contributed by atoms with Gasteiger partial charge in [0.05, 0.1) is 11.6 Å². The summed E-state index contributed by atoms with van der Waals surface area (Å²) < 4.78 is 0. The molecule has 2 aromatic rings. The van der Waals surface area contributed by atoms with Crippen molar-refractivity contribution in [3.8, 4) is 6.07 Å². The molecular formula is C13H13N5O. The molecule has 2 N–H and O–H groups in total. The monoisotopic (exact) mass is 255 g/mol. The Kier molecular flexibility index (Phi) is 3.57. The van der Waals surface area contributed by atoms with Gasteiger partial charge in [0.25, 0.3) is 5.91 Å². The van der Waals surface area contributed by atoms with E-state index >= 15 is 0 Å². The van der Waals surface area contributed by atoms with E-state index in [-0.39, 0.29) is 17.6 Å². The van der Waals surface area contributed by atoms with E-state index in [4.69, 9.17) is 5.26 Å². The SMILES string of the molecule is CC(C)c1nc(C(=O)Nc2ccc(C#N)cc2)n[nH]1. The summed E-state index contributed by atoms with van der Waals surface area (Å²) in [6.45, 7) is 3.92. The number of nitrogens with zero attached hydrogens (tertiary/aromatic N) is 3. The highest BCUT2D eigenvalue weighted by molar-refractivity contribution is 6.01. The van der Waals surface area contributed by atoms with Crippen molar-refractivity contribution in [1.29, 1.82) is 5.26 Å². The Bertz CT molecular complexity index is 621. The van der Waals surface area contributed by atoms with Gasteiger partial charge in [-0.3, -0.25) is 9.89 Å².